The number of anilines is 1. The van der Waals surface area contributed by atoms with E-state index in [2.05, 4.69) is 16.0 Å². The molecular formula is C7H11N3O2. The third-order valence-electron chi connectivity index (χ3n) is 0.913. The van der Waals surface area contributed by atoms with E-state index in [0.717, 1.165) is 0 Å². The Labute approximate surface area is 70.2 Å². The average molecular weight is 169 g/mol. The molecule has 0 bridgehead atoms. The molecule has 1 aromatic heterocycles. The van der Waals surface area contributed by atoms with E-state index in [9.17, 15) is 4.79 Å². The molecule has 0 saturated heterocycles. The van der Waals surface area contributed by atoms with Crippen molar-refractivity contribution in [2.24, 2.45) is 5.73 Å². The Morgan fingerprint density at radius 1 is 1.67 bits per heavy atom. The van der Waals surface area contributed by atoms with Crippen LogP contribution in [0.15, 0.2) is 24.5 Å². The van der Waals surface area contributed by atoms with Crippen molar-refractivity contribution in [3.8, 4) is 0 Å². The molecule has 1 heterocycles. The summed E-state index contributed by atoms with van der Waals surface area (Å²) in [5.41, 5.74) is 4.98. The maximum absolute atomic E-state index is 10.0. The Hall–Kier alpha value is -1.62. The normalized spacial score (nSPS) is 7.83. The van der Waals surface area contributed by atoms with Crippen molar-refractivity contribution in [3.63, 3.8) is 0 Å². The molecular weight excluding hydrogens is 158 g/mol. The number of nitrogens with zero attached hydrogens (tertiary/aromatic N) is 1. The summed E-state index contributed by atoms with van der Waals surface area (Å²) in [4.78, 5) is 13.7. The Kier molecular flexibility index (Phi) is 5.29. The summed E-state index contributed by atoms with van der Waals surface area (Å²) in [6.07, 6.45) is 1.94. The van der Waals surface area contributed by atoms with E-state index in [4.69, 9.17) is 5.11 Å². The summed E-state index contributed by atoms with van der Waals surface area (Å²) in [5.74, 6) is 0. The van der Waals surface area contributed by atoms with Gasteiger partial charge >= 0.3 is 6.09 Å². The number of hydrogen-bond donors (Lipinski definition) is 3. The van der Waals surface area contributed by atoms with E-state index in [1.165, 1.54) is 13.2 Å². The van der Waals surface area contributed by atoms with Crippen molar-refractivity contribution in [2.75, 3.05) is 12.4 Å². The van der Waals surface area contributed by atoms with Gasteiger partial charge in [-0.3, -0.25) is 10.3 Å². The minimum atomic E-state index is -1.08. The highest BCUT2D eigenvalue weighted by Gasteiger charge is 1.93. The molecule has 0 radical (unpaired) electrons. The summed E-state index contributed by atoms with van der Waals surface area (Å²) < 4.78 is 0. The fourth-order valence-electron chi connectivity index (χ4n) is 0.560. The van der Waals surface area contributed by atoms with Crippen LogP contribution in [-0.2, 0) is 0 Å². The van der Waals surface area contributed by atoms with Gasteiger partial charge in [0, 0.05) is 6.20 Å². The SMILES string of the molecule is CN.O=C(O)Nc1cccnc1. The zero-order chi connectivity index (χ0) is 9.40. The molecule has 0 spiro atoms. The molecule has 4 N–H and O–H groups in total. The van der Waals surface area contributed by atoms with Crippen LogP contribution in [0, 0.1) is 0 Å². The lowest BCUT2D eigenvalue weighted by Crippen LogP contribution is -2.06. The van der Waals surface area contributed by atoms with Gasteiger partial charge in [0.25, 0.3) is 0 Å². The predicted octanol–water partition coefficient (Wildman–Crippen LogP) is 0.746. The second kappa shape index (κ2) is 6.11. The Morgan fingerprint density at radius 2 is 2.33 bits per heavy atom. The molecule has 0 atom stereocenters. The molecule has 0 aromatic carbocycles. The largest absolute Gasteiger partial charge is 0.465 e. The van der Waals surface area contributed by atoms with Crippen LogP contribution in [0.3, 0.4) is 0 Å². The third kappa shape index (κ3) is 4.24. The first kappa shape index (κ1) is 10.4. The fourth-order valence-corrected chi connectivity index (χ4v) is 0.560. The van der Waals surface area contributed by atoms with Gasteiger partial charge in [-0.1, -0.05) is 0 Å². The fraction of sp³-hybridized carbons (Fsp3) is 0.143. The number of rotatable bonds is 1. The van der Waals surface area contributed by atoms with Crippen LogP contribution in [-0.4, -0.2) is 23.2 Å². The zero-order valence-electron chi connectivity index (χ0n) is 6.69. The predicted molar refractivity (Wildman–Crippen MR) is 46.0 cm³/mol. The van der Waals surface area contributed by atoms with E-state index < -0.39 is 6.09 Å². The molecule has 1 amide bonds. The number of amides is 1. The molecule has 5 nitrogen and oxygen atoms in total. The average Bonchev–Trinajstić information content (AvgIpc) is 2.08. The Bertz CT molecular complexity index is 225. The summed E-state index contributed by atoms with van der Waals surface area (Å²) in [7, 11) is 1.50. The molecule has 66 valence electrons. The van der Waals surface area contributed by atoms with Gasteiger partial charge < -0.3 is 10.8 Å². The first-order valence-electron chi connectivity index (χ1n) is 3.27. The number of nitrogens with two attached hydrogens (primary N) is 1. The number of hydrogen-bond acceptors (Lipinski definition) is 3. The molecule has 0 unspecified atom stereocenters. The highest BCUT2D eigenvalue weighted by Crippen LogP contribution is 2.00. The number of carboxylic acid groups (broad SMARTS) is 1. The minimum absolute atomic E-state index is 0.481. The quantitative estimate of drug-likeness (QED) is 0.578. The lowest BCUT2D eigenvalue weighted by atomic mass is 10.4. The van der Waals surface area contributed by atoms with Crippen molar-refractivity contribution >= 4 is 11.8 Å². The van der Waals surface area contributed by atoms with E-state index in [1.54, 1.807) is 18.3 Å². The van der Waals surface area contributed by atoms with Crippen LogP contribution in [0.25, 0.3) is 0 Å². The first-order chi connectivity index (χ1) is 5.79. The summed E-state index contributed by atoms with van der Waals surface area (Å²) in [5, 5.41) is 10.4. The van der Waals surface area contributed by atoms with Gasteiger partial charge in [-0.25, -0.2) is 4.79 Å². The zero-order valence-corrected chi connectivity index (χ0v) is 6.69. The first-order valence-corrected chi connectivity index (χ1v) is 3.27. The van der Waals surface area contributed by atoms with E-state index >= 15 is 0 Å². The highest BCUT2D eigenvalue weighted by molar-refractivity contribution is 5.82. The summed E-state index contributed by atoms with van der Waals surface area (Å²) >= 11 is 0. The van der Waals surface area contributed by atoms with Gasteiger partial charge in [0.15, 0.2) is 0 Å². The monoisotopic (exact) mass is 169 g/mol. The van der Waals surface area contributed by atoms with Gasteiger partial charge in [0.2, 0.25) is 0 Å². The molecule has 5 heteroatoms. The van der Waals surface area contributed by atoms with Crippen molar-refractivity contribution in [1.82, 2.24) is 4.98 Å². The smallest absolute Gasteiger partial charge is 0.409 e. The standard InChI is InChI=1S/C6H6N2O2.CH5N/c9-6(10)8-5-2-1-3-7-4-5;1-2/h1-4,8H,(H,9,10);2H2,1H3. The van der Waals surface area contributed by atoms with Gasteiger partial charge in [-0.15, -0.1) is 0 Å². The molecule has 0 aliphatic heterocycles. The highest BCUT2D eigenvalue weighted by atomic mass is 16.4. The molecule has 1 rings (SSSR count). The van der Waals surface area contributed by atoms with E-state index in [1.807, 2.05) is 0 Å². The Balaban J connectivity index is 0.000000561. The number of carbonyl (C=O) groups is 1. The van der Waals surface area contributed by atoms with Crippen LogP contribution in [0.5, 0.6) is 0 Å². The maximum Gasteiger partial charge on any atom is 0.409 e. The van der Waals surface area contributed by atoms with Crippen molar-refractivity contribution in [1.29, 1.82) is 0 Å². The lowest BCUT2D eigenvalue weighted by Gasteiger charge is -1.96. The molecule has 12 heavy (non-hydrogen) atoms. The molecule has 0 saturated carbocycles. The van der Waals surface area contributed by atoms with Crippen LogP contribution < -0.4 is 11.1 Å². The molecule has 0 aliphatic rings. The second-order valence-corrected chi connectivity index (χ2v) is 1.67. The summed E-state index contributed by atoms with van der Waals surface area (Å²) in [6, 6.07) is 3.28. The second-order valence-electron chi connectivity index (χ2n) is 1.67. The van der Waals surface area contributed by atoms with Crippen LogP contribution in [0.1, 0.15) is 0 Å². The third-order valence-corrected chi connectivity index (χ3v) is 0.913. The van der Waals surface area contributed by atoms with Gasteiger partial charge in [0.05, 0.1) is 11.9 Å². The van der Waals surface area contributed by atoms with Crippen LogP contribution >= 0.6 is 0 Å². The number of pyridine rings is 1. The lowest BCUT2D eigenvalue weighted by molar-refractivity contribution is 0.209. The maximum atomic E-state index is 10.0. The molecule has 0 fully saturated rings. The van der Waals surface area contributed by atoms with Crippen molar-refractivity contribution < 1.29 is 9.90 Å². The molecule has 0 aliphatic carbocycles. The van der Waals surface area contributed by atoms with Crippen molar-refractivity contribution in [2.45, 2.75) is 0 Å². The number of nitrogens with one attached hydrogen (secondary N) is 1. The van der Waals surface area contributed by atoms with Crippen LogP contribution in [0.4, 0.5) is 10.5 Å². The van der Waals surface area contributed by atoms with Gasteiger partial charge in [0.1, 0.15) is 0 Å². The Morgan fingerprint density at radius 3 is 2.75 bits per heavy atom. The minimum Gasteiger partial charge on any atom is -0.465 e. The van der Waals surface area contributed by atoms with E-state index in [-0.39, 0.29) is 0 Å². The van der Waals surface area contributed by atoms with Crippen LogP contribution in [0.2, 0.25) is 0 Å². The van der Waals surface area contributed by atoms with E-state index in [0.29, 0.717) is 5.69 Å². The summed E-state index contributed by atoms with van der Waals surface area (Å²) in [6.45, 7) is 0. The molecule has 1 aromatic rings. The van der Waals surface area contributed by atoms with Gasteiger partial charge in [-0.2, -0.15) is 0 Å². The van der Waals surface area contributed by atoms with Gasteiger partial charge in [-0.05, 0) is 19.2 Å². The topological polar surface area (TPSA) is 88.2 Å². The number of aromatic nitrogens is 1. The van der Waals surface area contributed by atoms with Crippen molar-refractivity contribution in [3.05, 3.63) is 24.5 Å².